The average Bonchev–Trinajstić information content (AvgIpc) is 2.90. The third kappa shape index (κ3) is 3.68. The van der Waals surface area contributed by atoms with E-state index in [0.29, 0.717) is 24.5 Å². The smallest absolute Gasteiger partial charge is 0.236 e. The van der Waals surface area contributed by atoms with Gasteiger partial charge in [0, 0.05) is 25.2 Å². The van der Waals surface area contributed by atoms with E-state index in [1.54, 1.807) is 0 Å². The molecule has 0 radical (unpaired) electrons. The van der Waals surface area contributed by atoms with E-state index in [0.717, 1.165) is 13.1 Å². The average molecular weight is 239 g/mol. The van der Waals surface area contributed by atoms with E-state index in [2.05, 4.69) is 10.6 Å². The van der Waals surface area contributed by atoms with Crippen LogP contribution in [0.1, 0.15) is 38.5 Å². The molecule has 2 N–H and O–H groups in total. The van der Waals surface area contributed by atoms with Crippen LogP contribution in [-0.2, 0) is 4.79 Å². The molecule has 1 aliphatic carbocycles. The highest BCUT2D eigenvalue weighted by Crippen LogP contribution is 2.18. The molecule has 0 aromatic rings. The molecule has 1 amide bonds. The zero-order chi connectivity index (χ0) is 12.1. The van der Waals surface area contributed by atoms with Crippen molar-refractivity contribution in [2.75, 3.05) is 26.7 Å². The third-order valence-electron chi connectivity index (χ3n) is 4.14. The van der Waals surface area contributed by atoms with Gasteiger partial charge in [0.1, 0.15) is 0 Å². The summed E-state index contributed by atoms with van der Waals surface area (Å²) in [5, 5.41) is 6.76. The lowest BCUT2D eigenvalue weighted by Crippen LogP contribution is -2.43. The number of likely N-dealkylation sites (tertiary alicyclic amines) is 1. The maximum absolute atomic E-state index is 11.9. The first-order valence-corrected chi connectivity index (χ1v) is 6.98. The summed E-state index contributed by atoms with van der Waals surface area (Å²) in [5.41, 5.74) is 0. The second-order valence-electron chi connectivity index (χ2n) is 5.31. The molecule has 4 nitrogen and oxygen atoms in total. The van der Waals surface area contributed by atoms with Gasteiger partial charge in [0.25, 0.3) is 0 Å². The van der Waals surface area contributed by atoms with E-state index in [-0.39, 0.29) is 0 Å². The van der Waals surface area contributed by atoms with Gasteiger partial charge < -0.3 is 15.5 Å². The molecule has 17 heavy (non-hydrogen) atoms. The summed E-state index contributed by atoms with van der Waals surface area (Å²) in [7, 11) is 2.04. The zero-order valence-corrected chi connectivity index (χ0v) is 10.9. The summed E-state index contributed by atoms with van der Waals surface area (Å²) < 4.78 is 0. The van der Waals surface area contributed by atoms with Crippen LogP contribution in [0.25, 0.3) is 0 Å². The van der Waals surface area contributed by atoms with E-state index in [1.807, 2.05) is 11.9 Å². The fourth-order valence-electron chi connectivity index (χ4n) is 2.90. The van der Waals surface area contributed by atoms with E-state index in [9.17, 15) is 4.79 Å². The number of hydrogen-bond acceptors (Lipinski definition) is 3. The van der Waals surface area contributed by atoms with Crippen LogP contribution in [0.4, 0.5) is 0 Å². The topological polar surface area (TPSA) is 44.4 Å². The first-order valence-electron chi connectivity index (χ1n) is 6.98. The quantitative estimate of drug-likeness (QED) is 0.760. The van der Waals surface area contributed by atoms with Gasteiger partial charge in [-0.3, -0.25) is 4.79 Å². The predicted molar refractivity (Wildman–Crippen MR) is 68.9 cm³/mol. The van der Waals surface area contributed by atoms with Crippen LogP contribution < -0.4 is 10.6 Å². The summed E-state index contributed by atoms with van der Waals surface area (Å²) in [6.07, 6.45) is 7.20. The molecule has 0 aromatic carbocycles. The molecule has 0 unspecified atom stereocenters. The minimum Gasteiger partial charge on any atom is -0.342 e. The highest BCUT2D eigenvalue weighted by molar-refractivity contribution is 5.78. The van der Waals surface area contributed by atoms with Crippen molar-refractivity contribution >= 4 is 5.91 Å². The maximum atomic E-state index is 11.9. The second kappa shape index (κ2) is 6.36. The normalized spacial score (nSPS) is 29.6. The highest BCUT2D eigenvalue weighted by atomic mass is 16.2. The van der Waals surface area contributed by atoms with E-state index < -0.39 is 0 Å². The Bertz CT molecular complexity index is 243. The fraction of sp³-hybridized carbons (Fsp3) is 0.923. The Balaban J connectivity index is 1.63. The molecule has 1 saturated carbocycles. The lowest BCUT2D eigenvalue weighted by Gasteiger charge is -2.29. The number of amides is 1. The Kier molecular flexibility index (Phi) is 4.80. The number of nitrogens with zero attached hydrogens (tertiary/aromatic N) is 1. The van der Waals surface area contributed by atoms with Gasteiger partial charge in [-0.05, 0) is 45.6 Å². The lowest BCUT2D eigenvalue weighted by atomic mass is 9.91. The number of carbonyl (C=O) groups excluding carboxylic acids is 1. The number of hydrogen-bond donors (Lipinski definition) is 2. The summed E-state index contributed by atoms with van der Waals surface area (Å²) in [6, 6.07) is 1.23. The molecular formula is C13H25N3O. The van der Waals surface area contributed by atoms with E-state index in [4.69, 9.17) is 0 Å². The molecule has 0 bridgehead atoms. The molecular weight excluding hydrogens is 214 g/mol. The fourth-order valence-corrected chi connectivity index (χ4v) is 2.90. The van der Waals surface area contributed by atoms with Gasteiger partial charge in [0.05, 0.1) is 6.54 Å². The van der Waals surface area contributed by atoms with Crippen LogP contribution >= 0.6 is 0 Å². The molecule has 0 atom stereocenters. The van der Waals surface area contributed by atoms with Crippen LogP contribution in [0.15, 0.2) is 0 Å². The molecule has 2 aliphatic rings. The predicted octanol–water partition coefficient (Wildman–Crippen LogP) is 0.729. The van der Waals surface area contributed by atoms with Crippen molar-refractivity contribution in [3.63, 3.8) is 0 Å². The summed E-state index contributed by atoms with van der Waals surface area (Å²) in [4.78, 5) is 13.9. The van der Waals surface area contributed by atoms with Gasteiger partial charge in [-0.1, -0.05) is 0 Å². The molecule has 0 spiro atoms. The first kappa shape index (κ1) is 12.8. The van der Waals surface area contributed by atoms with Crippen LogP contribution in [0.2, 0.25) is 0 Å². The molecule has 2 fully saturated rings. The number of nitrogens with one attached hydrogen (secondary N) is 2. The standard InChI is InChI=1S/C13H25N3O/c1-14-11-4-6-12(7-5-11)15-10-13(17)16-8-2-3-9-16/h11-12,14-15H,2-10H2,1H3/t11-,12-. The minimum absolute atomic E-state index is 0.290. The molecule has 98 valence electrons. The number of carbonyl (C=O) groups is 1. The van der Waals surface area contributed by atoms with Crippen molar-refractivity contribution in [3.8, 4) is 0 Å². The molecule has 4 heteroatoms. The Morgan fingerprint density at radius 3 is 2.29 bits per heavy atom. The second-order valence-corrected chi connectivity index (χ2v) is 5.31. The third-order valence-corrected chi connectivity index (χ3v) is 4.14. The highest BCUT2D eigenvalue weighted by Gasteiger charge is 2.22. The van der Waals surface area contributed by atoms with Crippen molar-refractivity contribution in [1.82, 2.24) is 15.5 Å². The SMILES string of the molecule is CN[C@H]1CC[C@H](NCC(=O)N2CCCC2)CC1. The van der Waals surface area contributed by atoms with Gasteiger partial charge in [0.15, 0.2) is 0 Å². The monoisotopic (exact) mass is 239 g/mol. The van der Waals surface area contributed by atoms with Crippen molar-refractivity contribution < 1.29 is 4.79 Å². The van der Waals surface area contributed by atoms with Crippen molar-refractivity contribution in [2.24, 2.45) is 0 Å². The number of rotatable bonds is 4. The molecule has 1 aliphatic heterocycles. The van der Waals surface area contributed by atoms with E-state index in [1.165, 1.54) is 38.5 Å². The van der Waals surface area contributed by atoms with Crippen molar-refractivity contribution in [1.29, 1.82) is 0 Å². The van der Waals surface area contributed by atoms with Crippen LogP contribution in [0, 0.1) is 0 Å². The molecule has 1 heterocycles. The van der Waals surface area contributed by atoms with Gasteiger partial charge in [-0.2, -0.15) is 0 Å². The van der Waals surface area contributed by atoms with Gasteiger partial charge in [-0.25, -0.2) is 0 Å². The van der Waals surface area contributed by atoms with Crippen LogP contribution in [-0.4, -0.2) is 49.6 Å². The van der Waals surface area contributed by atoms with Gasteiger partial charge >= 0.3 is 0 Å². The van der Waals surface area contributed by atoms with Crippen LogP contribution in [0.3, 0.4) is 0 Å². The van der Waals surface area contributed by atoms with E-state index >= 15 is 0 Å². The lowest BCUT2D eigenvalue weighted by molar-refractivity contribution is -0.129. The summed E-state index contributed by atoms with van der Waals surface area (Å²) in [6.45, 7) is 2.47. The maximum Gasteiger partial charge on any atom is 0.236 e. The zero-order valence-electron chi connectivity index (χ0n) is 10.9. The Morgan fingerprint density at radius 1 is 1.12 bits per heavy atom. The summed E-state index contributed by atoms with van der Waals surface area (Å²) >= 11 is 0. The van der Waals surface area contributed by atoms with Gasteiger partial charge in [0.2, 0.25) is 5.91 Å². The molecule has 2 rings (SSSR count). The minimum atomic E-state index is 0.290. The van der Waals surface area contributed by atoms with Crippen molar-refractivity contribution in [2.45, 2.75) is 50.6 Å². The molecule has 1 saturated heterocycles. The first-order chi connectivity index (χ1) is 8.29. The largest absolute Gasteiger partial charge is 0.342 e. The van der Waals surface area contributed by atoms with Gasteiger partial charge in [-0.15, -0.1) is 0 Å². The van der Waals surface area contributed by atoms with Crippen molar-refractivity contribution in [3.05, 3.63) is 0 Å². The Hall–Kier alpha value is -0.610. The van der Waals surface area contributed by atoms with Crippen LogP contribution in [0.5, 0.6) is 0 Å². The Labute approximate surface area is 104 Å². The summed E-state index contributed by atoms with van der Waals surface area (Å²) in [5.74, 6) is 0.290. The Morgan fingerprint density at radius 2 is 1.71 bits per heavy atom. The molecule has 0 aromatic heterocycles.